The molecule has 1 rings (SSSR count). The Hall–Kier alpha value is -1.40. The number of nitrogens with one attached hydrogen (secondary N) is 1. The SMILES string of the molecule is CCOC(=O)CCN(C)CC(=O)NC(C)c1cccs1. The maximum Gasteiger partial charge on any atom is 0.307 e. The van der Waals surface area contributed by atoms with Gasteiger partial charge in [-0.25, -0.2) is 0 Å². The molecule has 20 heavy (non-hydrogen) atoms. The van der Waals surface area contributed by atoms with Gasteiger partial charge in [0.05, 0.1) is 25.6 Å². The first kappa shape index (κ1) is 16.7. The van der Waals surface area contributed by atoms with Crippen molar-refractivity contribution in [3.8, 4) is 0 Å². The average molecular weight is 298 g/mol. The molecule has 6 heteroatoms. The van der Waals surface area contributed by atoms with E-state index in [0.717, 1.165) is 4.88 Å². The number of ether oxygens (including phenoxy) is 1. The lowest BCUT2D eigenvalue weighted by molar-refractivity contribution is -0.143. The monoisotopic (exact) mass is 298 g/mol. The maximum absolute atomic E-state index is 11.9. The molecular weight excluding hydrogens is 276 g/mol. The minimum atomic E-state index is -0.230. The zero-order valence-electron chi connectivity index (χ0n) is 12.2. The van der Waals surface area contributed by atoms with Gasteiger partial charge in [0.2, 0.25) is 5.91 Å². The van der Waals surface area contributed by atoms with Crippen LogP contribution in [0.3, 0.4) is 0 Å². The fourth-order valence-corrected chi connectivity index (χ4v) is 2.47. The van der Waals surface area contributed by atoms with Crippen LogP contribution in [0.5, 0.6) is 0 Å². The third-order valence-corrected chi connectivity index (χ3v) is 3.82. The highest BCUT2D eigenvalue weighted by atomic mass is 32.1. The fourth-order valence-electron chi connectivity index (χ4n) is 1.74. The van der Waals surface area contributed by atoms with Crippen LogP contribution in [0, 0.1) is 0 Å². The Morgan fingerprint density at radius 2 is 2.25 bits per heavy atom. The average Bonchev–Trinajstić information content (AvgIpc) is 2.90. The van der Waals surface area contributed by atoms with Gasteiger partial charge in [-0.05, 0) is 32.3 Å². The smallest absolute Gasteiger partial charge is 0.307 e. The first-order chi connectivity index (χ1) is 9.52. The van der Waals surface area contributed by atoms with E-state index in [-0.39, 0.29) is 24.5 Å². The topological polar surface area (TPSA) is 58.6 Å². The predicted molar refractivity (Wildman–Crippen MR) is 79.6 cm³/mol. The number of carbonyl (C=O) groups is 2. The molecule has 0 saturated carbocycles. The number of likely N-dealkylation sites (N-methyl/N-ethyl adjacent to an activating group) is 1. The van der Waals surface area contributed by atoms with Gasteiger partial charge in [0.15, 0.2) is 0 Å². The second-order valence-corrected chi connectivity index (χ2v) is 5.58. The number of hydrogen-bond acceptors (Lipinski definition) is 5. The second-order valence-electron chi connectivity index (χ2n) is 4.60. The first-order valence-electron chi connectivity index (χ1n) is 6.69. The molecule has 0 aliphatic rings. The molecule has 1 amide bonds. The lowest BCUT2D eigenvalue weighted by Gasteiger charge is -2.18. The Morgan fingerprint density at radius 3 is 2.85 bits per heavy atom. The van der Waals surface area contributed by atoms with Crippen LogP contribution in [0.1, 0.15) is 31.2 Å². The Labute approximate surface area is 123 Å². The van der Waals surface area contributed by atoms with Crippen molar-refractivity contribution < 1.29 is 14.3 Å². The van der Waals surface area contributed by atoms with Gasteiger partial charge in [0.25, 0.3) is 0 Å². The fraction of sp³-hybridized carbons (Fsp3) is 0.571. The van der Waals surface area contributed by atoms with E-state index in [1.165, 1.54) is 0 Å². The van der Waals surface area contributed by atoms with E-state index in [2.05, 4.69) is 5.32 Å². The summed E-state index contributed by atoms with van der Waals surface area (Å²) < 4.78 is 4.85. The molecule has 1 aromatic rings. The van der Waals surface area contributed by atoms with Crippen molar-refractivity contribution in [3.05, 3.63) is 22.4 Å². The quantitative estimate of drug-likeness (QED) is 0.744. The van der Waals surface area contributed by atoms with Crippen LogP contribution in [0.4, 0.5) is 0 Å². The third-order valence-electron chi connectivity index (χ3n) is 2.76. The molecule has 0 aliphatic carbocycles. The standard InChI is InChI=1S/C14H22N2O3S/c1-4-19-14(18)7-8-16(3)10-13(17)15-11(2)12-6-5-9-20-12/h5-6,9,11H,4,7-8,10H2,1-3H3,(H,15,17). The minimum absolute atomic E-state index is 0.0148. The Kier molecular flexibility index (Phi) is 7.25. The highest BCUT2D eigenvalue weighted by molar-refractivity contribution is 7.10. The van der Waals surface area contributed by atoms with E-state index in [4.69, 9.17) is 4.74 Å². The molecule has 0 bridgehead atoms. The Balaban J connectivity index is 2.26. The van der Waals surface area contributed by atoms with Crippen LogP contribution >= 0.6 is 11.3 Å². The highest BCUT2D eigenvalue weighted by Gasteiger charge is 2.13. The molecule has 0 radical (unpaired) electrons. The minimum Gasteiger partial charge on any atom is -0.466 e. The van der Waals surface area contributed by atoms with Gasteiger partial charge in [-0.3, -0.25) is 14.5 Å². The van der Waals surface area contributed by atoms with Crippen molar-refractivity contribution in [2.24, 2.45) is 0 Å². The zero-order chi connectivity index (χ0) is 15.0. The number of rotatable bonds is 8. The number of carbonyl (C=O) groups excluding carboxylic acids is 2. The van der Waals surface area contributed by atoms with E-state index < -0.39 is 0 Å². The summed E-state index contributed by atoms with van der Waals surface area (Å²) in [6.07, 6.45) is 0.304. The van der Waals surface area contributed by atoms with Crippen LogP contribution in [0.25, 0.3) is 0 Å². The summed E-state index contributed by atoms with van der Waals surface area (Å²) >= 11 is 1.62. The molecule has 112 valence electrons. The van der Waals surface area contributed by atoms with E-state index in [1.54, 1.807) is 18.3 Å². The van der Waals surface area contributed by atoms with E-state index in [9.17, 15) is 9.59 Å². The van der Waals surface area contributed by atoms with Gasteiger partial charge < -0.3 is 10.1 Å². The molecule has 0 aliphatic heterocycles. The molecule has 1 N–H and O–H groups in total. The van der Waals surface area contributed by atoms with Crippen LogP contribution in [-0.2, 0) is 14.3 Å². The molecule has 0 spiro atoms. The van der Waals surface area contributed by atoms with Crippen LogP contribution in [0.15, 0.2) is 17.5 Å². The normalized spacial score (nSPS) is 12.2. The number of esters is 1. The summed E-state index contributed by atoms with van der Waals surface area (Å²) in [5.41, 5.74) is 0. The molecule has 5 nitrogen and oxygen atoms in total. The van der Waals surface area contributed by atoms with E-state index in [1.807, 2.05) is 36.4 Å². The summed E-state index contributed by atoms with van der Waals surface area (Å²) in [6, 6.07) is 3.98. The molecule has 0 fully saturated rings. The molecule has 0 aromatic carbocycles. The number of amides is 1. The summed E-state index contributed by atoms with van der Waals surface area (Å²) in [7, 11) is 1.81. The van der Waals surface area contributed by atoms with Gasteiger partial charge in [-0.1, -0.05) is 6.07 Å². The van der Waals surface area contributed by atoms with E-state index in [0.29, 0.717) is 19.6 Å². The summed E-state index contributed by atoms with van der Waals surface area (Å²) in [6.45, 7) is 4.92. The van der Waals surface area contributed by atoms with Gasteiger partial charge in [-0.2, -0.15) is 0 Å². The number of nitrogens with zero attached hydrogens (tertiary/aromatic N) is 1. The largest absolute Gasteiger partial charge is 0.466 e. The van der Waals surface area contributed by atoms with Crippen molar-refractivity contribution in [2.75, 3.05) is 26.7 Å². The van der Waals surface area contributed by atoms with Crippen molar-refractivity contribution in [3.63, 3.8) is 0 Å². The Bertz CT molecular complexity index is 420. The predicted octanol–water partition coefficient (Wildman–Crippen LogP) is 1.81. The number of thiophene rings is 1. The summed E-state index contributed by atoms with van der Waals surface area (Å²) in [4.78, 5) is 26.0. The third kappa shape index (κ3) is 6.16. The van der Waals surface area contributed by atoms with E-state index >= 15 is 0 Å². The van der Waals surface area contributed by atoms with Crippen molar-refractivity contribution >= 4 is 23.2 Å². The Morgan fingerprint density at radius 1 is 1.50 bits per heavy atom. The lowest BCUT2D eigenvalue weighted by atomic mass is 10.2. The summed E-state index contributed by atoms with van der Waals surface area (Å²) in [5.74, 6) is -0.274. The first-order valence-corrected chi connectivity index (χ1v) is 7.57. The molecular formula is C14H22N2O3S. The van der Waals surface area contributed by atoms with Crippen LogP contribution in [-0.4, -0.2) is 43.5 Å². The maximum atomic E-state index is 11.9. The molecule has 1 atom stereocenters. The molecule has 1 unspecified atom stereocenters. The van der Waals surface area contributed by atoms with Crippen molar-refractivity contribution in [1.29, 1.82) is 0 Å². The zero-order valence-corrected chi connectivity index (χ0v) is 13.0. The van der Waals surface area contributed by atoms with Gasteiger partial charge in [-0.15, -0.1) is 11.3 Å². The molecule has 1 heterocycles. The highest BCUT2D eigenvalue weighted by Crippen LogP contribution is 2.17. The molecule has 0 saturated heterocycles. The van der Waals surface area contributed by atoms with Crippen molar-refractivity contribution in [2.45, 2.75) is 26.3 Å². The van der Waals surface area contributed by atoms with Gasteiger partial charge in [0.1, 0.15) is 0 Å². The van der Waals surface area contributed by atoms with Crippen LogP contribution < -0.4 is 5.32 Å². The van der Waals surface area contributed by atoms with Gasteiger partial charge >= 0.3 is 5.97 Å². The number of hydrogen-bond donors (Lipinski definition) is 1. The van der Waals surface area contributed by atoms with Crippen LogP contribution in [0.2, 0.25) is 0 Å². The van der Waals surface area contributed by atoms with Crippen molar-refractivity contribution in [1.82, 2.24) is 10.2 Å². The lowest BCUT2D eigenvalue weighted by Crippen LogP contribution is -2.37. The summed E-state index contributed by atoms with van der Waals surface area (Å²) in [5, 5.41) is 4.93. The molecule has 1 aromatic heterocycles. The van der Waals surface area contributed by atoms with Gasteiger partial charge in [0, 0.05) is 11.4 Å². The second kappa shape index (κ2) is 8.71.